The van der Waals surface area contributed by atoms with Crippen molar-refractivity contribution in [3.05, 3.63) is 60.8 Å². The Morgan fingerprint density at radius 2 is 2.00 bits per heavy atom. The van der Waals surface area contributed by atoms with Crippen molar-refractivity contribution in [3.63, 3.8) is 0 Å². The molecule has 7 nitrogen and oxygen atoms in total. The number of ether oxygens (including phenoxy) is 1. The highest BCUT2D eigenvalue weighted by molar-refractivity contribution is 5.47. The lowest BCUT2D eigenvalue weighted by Crippen LogP contribution is -2.34. The molecule has 3 aromatic heterocycles. The summed E-state index contributed by atoms with van der Waals surface area (Å²) in [4.78, 5) is 15.6. The molecule has 134 valence electrons. The Morgan fingerprint density at radius 3 is 2.77 bits per heavy atom. The maximum absolute atomic E-state index is 5.98. The zero-order chi connectivity index (χ0) is 17.6. The van der Waals surface area contributed by atoms with Gasteiger partial charge in [-0.3, -0.25) is 14.6 Å². The lowest BCUT2D eigenvalue weighted by atomic mass is 10.2. The van der Waals surface area contributed by atoms with E-state index in [1.54, 1.807) is 12.4 Å². The number of pyridine rings is 1. The van der Waals surface area contributed by atoms with Gasteiger partial charge in [0.15, 0.2) is 5.82 Å². The zero-order valence-corrected chi connectivity index (χ0v) is 14.6. The van der Waals surface area contributed by atoms with E-state index in [9.17, 15) is 0 Å². The van der Waals surface area contributed by atoms with Gasteiger partial charge in [0.2, 0.25) is 0 Å². The minimum absolute atomic E-state index is 0.145. The molecule has 0 radical (unpaired) electrons. The van der Waals surface area contributed by atoms with Crippen LogP contribution in [0.25, 0.3) is 11.5 Å². The van der Waals surface area contributed by atoms with E-state index >= 15 is 0 Å². The van der Waals surface area contributed by atoms with Crippen LogP contribution in [0.4, 0.5) is 0 Å². The van der Waals surface area contributed by atoms with E-state index < -0.39 is 0 Å². The molecule has 0 bridgehead atoms. The van der Waals surface area contributed by atoms with E-state index in [0.717, 1.165) is 50.5 Å². The normalized spacial score (nSPS) is 18.5. The number of nitrogens with zero attached hydrogens (tertiary/aromatic N) is 6. The zero-order valence-electron chi connectivity index (χ0n) is 14.6. The lowest BCUT2D eigenvalue weighted by Gasteiger charge is -2.23. The molecule has 4 rings (SSSR count). The Morgan fingerprint density at radius 1 is 1.08 bits per heavy atom. The molecule has 0 aromatic carbocycles. The van der Waals surface area contributed by atoms with Crippen LogP contribution < -0.4 is 0 Å². The molecule has 0 aliphatic carbocycles. The fourth-order valence-electron chi connectivity index (χ4n) is 3.16. The van der Waals surface area contributed by atoms with Crippen molar-refractivity contribution < 1.29 is 4.74 Å². The van der Waals surface area contributed by atoms with Crippen LogP contribution in [0.15, 0.2) is 55.2 Å². The molecule has 26 heavy (non-hydrogen) atoms. The van der Waals surface area contributed by atoms with Crippen molar-refractivity contribution in [2.75, 3.05) is 19.7 Å². The average molecular weight is 350 g/mol. The summed E-state index contributed by atoms with van der Waals surface area (Å²) >= 11 is 0. The molecule has 0 saturated carbocycles. The molecule has 7 heteroatoms. The first kappa shape index (κ1) is 16.8. The molecule has 4 heterocycles. The maximum Gasteiger partial charge on any atom is 0.178 e. The van der Waals surface area contributed by atoms with Crippen LogP contribution in [-0.4, -0.2) is 55.4 Å². The molecule has 1 atom stereocenters. The van der Waals surface area contributed by atoms with Gasteiger partial charge in [0.25, 0.3) is 0 Å². The summed E-state index contributed by atoms with van der Waals surface area (Å²) < 4.78 is 7.91. The average Bonchev–Trinajstić information content (AvgIpc) is 3.09. The highest BCUT2D eigenvalue weighted by atomic mass is 16.5. The van der Waals surface area contributed by atoms with Crippen LogP contribution in [0.1, 0.15) is 12.0 Å². The lowest BCUT2D eigenvalue weighted by molar-refractivity contribution is 0.0391. The van der Waals surface area contributed by atoms with Crippen molar-refractivity contribution in [3.8, 4) is 11.5 Å². The minimum atomic E-state index is 0.145. The largest absolute Gasteiger partial charge is 0.375 e. The van der Waals surface area contributed by atoms with Crippen molar-refractivity contribution in [1.82, 2.24) is 29.6 Å². The molecule has 1 fully saturated rings. The van der Waals surface area contributed by atoms with E-state index in [1.165, 1.54) is 0 Å². The number of aromatic nitrogens is 5. The second kappa shape index (κ2) is 8.16. The molecule has 3 aromatic rings. The number of rotatable bonds is 5. The third kappa shape index (κ3) is 4.30. The standard InChI is InChI=1S/C19H22N6O/c1-2-6-20-18(5-1)19-21-11-16(12-22-19)13-24-8-4-10-26-17(14-24)15-25-9-3-7-23-25/h1-3,5-7,9,11-12,17H,4,8,10,13-15H2. The van der Waals surface area contributed by atoms with Gasteiger partial charge < -0.3 is 4.74 Å². The van der Waals surface area contributed by atoms with Crippen LogP contribution in [0.5, 0.6) is 0 Å². The summed E-state index contributed by atoms with van der Waals surface area (Å²) in [7, 11) is 0. The van der Waals surface area contributed by atoms with Crippen LogP contribution in [-0.2, 0) is 17.8 Å². The molecule has 0 spiro atoms. The van der Waals surface area contributed by atoms with Gasteiger partial charge in [-0.2, -0.15) is 5.10 Å². The molecule has 0 N–H and O–H groups in total. The van der Waals surface area contributed by atoms with E-state index in [1.807, 2.05) is 47.5 Å². The SMILES string of the molecule is c1ccc(-c2ncc(CN3CCCOC(Cn4cccn4)C3)cn2)nc1. The second-order valence-electron chi connectivity index (χ2n) is 6.44. The molecular formula is C19H22N6O. The van der Waals surface area contributed by atoms with E-state index in [4.69, 9.17) is 4.74 Å². The van der Waals surface area contributed by atoms with Crippen molar-refractivity contribution >= 4 is 0 Å². The van der Waals surface area contributed by atoms with E-state index in [2.05, 4.69) is 25.0 Å². The van der Waals surface area contributed by atoms with Crippen LogP contribution in [0.2, 0.25) is 0 Å². The number of hydrogen-bond donors (Lipinski definition) is 0. The van der Waals surface area contributed by atoms with Gasteiger partial charge in [0, 0.05) is 62.8 Å². The highest BCUT2D eigenvalue weighted by Gasteiger charge is 2.19. The molecule has 1 aliphatic rings. The summed E-state index contributed by atoms with van der Waals surface area (Å²) in [5.74, 6) is 0.658. The second-order valence-corrected chi connectivity index (χ2v) is 6.44. The third-order valence-corrected chi connectivity index (χ3v) is 4.39. The molecule has 0 amide bonds. The van der Waals surface area contributed by atoms with Crippen molar-refractivity contribution in [2.45, 2.75) is 25.6 Å². The van der Waals surface area contributed by atoms with Crippen molar-refractivity contribution in [2.24, 2.45) is 0 Å². The van der Waals surface area contributed by atoms with Crippen LogP contribution in [0, 0.1) is 0 Å². The van der Waals surface area contributed by atoms with E-state index in [0.29, 0.717) is 5.82 Å². The van der Waals surface area contributed by atoms with Crippen LogP contribution in [0.3, 0.4) is 0 Å². The van der Waals surface area contributed by atoms with Gasteiger partial charge in [-0.1, -0.05) is 6.07 Å². The first-order chi connectivity index (χ1) is 12.9. The maximum atomic E-state index is 5.98. The monoisotopic (exact) mass is 350 g/mol. The van der Waals surface area contributed by atoms with Gasteiger partial charge in [0.1, 0.15) is 5.69 Å². The summed E-state index contributed by atoms with van der Waals surface area (Å²) in [6.07, 6.45) is 10.5. The van der Waals surface area contributed by atoms with Crippen LogP contribution >= 0.6 is 0 Å². The smallest absolute Gasteiger partial charge is 0.178 e. The first-order valence-electron chi connectivity index (χ1n) is 8.90. The Hall–Kier alpha value is -2.64. The fourth-order valence-corrected chi connectivity index (χ4v) is 3.16. The molecule has 1 aliphatic heterocycles. The first-order valence-corrected chi connectivity index (χ1v) is 8.90. The van der Waals surface area contributed by atoms with Gasteiger partial charge in [0.05, 0.1) is 12.6 Å². The number of hydrogen-bond acceptors (Lipinski definition) is 6. The van der Waals surface area contributed by atoms with Crippen molar-refractivity contribution in [1.29, 1.82) is 0 Å². The molecule has 1 unspecified atom stereocenters. The molecule has 1 saturated heterocycles. The topological polar surface area (TPSA) is 69.0 Å². The quantitative estimate of drug-likeness (QED) is 0.701. The Balaban J connectivity index is 1.39. The predicted molar refractivity (Wildman–Crippen MR) is 97.1 cm³/mol. The predicted octanol–water partition coefficient (Wildman–Crippen LogP) is 2.03. The molecular weight excluding hydrogens is 328 g/mol. The summed E-state index contributed by atoms with van der Waals surface area (Å²) in [6, 6.07) is 7.69. The minimum Gasteiger partial charge on any atom is -0.375 e. The Kier molecular flexibility index (Phi) is 5.27. The third-order valence-electron chi connectivity index (χ3n) is 4.39. The summed E-state index contributed by atoms with van der Waals surface area (Å²) in [5, 5.41) is 4.28. The summed E-state index contributed by atoms with van der Waals surface area (Å²) in [5.41, 5.74) is 1.89. The van der Waals surface area contributed by atoms with Gasteiger partial charge in [-0.05, 0) is 24.6 Å². The summed E-state index contributed by atoms with van der Waals surface area (Å²) in [6.45, 7) is 4.27. The van der Waals surface area contributed by atoms with Gasteiger partial charge >= 0.3 is 0 Å². The highest BCUT2D eigenvalue weighted by Crippen LogP contribution is 2.14. The van der Waals surface area contributed by atoms with Gasteiger partial charge in [-0.25, -0.2) is 9.97 Å². The van der Waals surface area contributed by atoms with Gasteiger partial charge in [-0.15, -0.1) is 0 Å². The fraction of sp³-hybridized carbons (Fsp3) is 0.368. The Labute approximate surface area is 152 Å². The van der Waals surface area contributed by atoms with E-state index in [-0.39, 0.29) is 6.10 Å². The Bertz CT molecular complexity index is 791.